The molecule has 1 N–H and O–H groups in total. The molecule has 1 aromatic heterocycles. The Bertz CT molecular complexity index is 596. The first-order chi connectivity index (χ1) is 13.0. The van der Waals surface area contributed by atoms with Gasteiger partial charge in [-0.15, -0.1) is 24.0 Å². The molecule has 0 saturated heterocycles. The van der Waals surface area contributed by atoms with E-state index in [-0.39, 0.29) is 24.0 Å². The van der Waals surface area contributed by atoms with Crippen LogP contribution in [0.5, 0.6) is 0 Å². The van der Waals surface area contributed by atoms with Crippen molar-refractivity contribution in [3.05, 3.63) is 17.5 Å². The zero-order valence-electron chi connectivity index (χ0n) is 18.6. The number of nitrogens with zero attached hydrogens (tertiary/aromatic N) is 4. The van der Waals surface area contributed by atoms with Crippen molar-refractivity contribution in [3.8, 4) is 0 Å². The number of nitrogens with one attached hydrogen (secondary N) is 1. The van der Waals surface area contributed by atoms with E-state index < -0.39 is 0 Å². The molecule has 0 radical (unpaired) electrons. The van der Waals surface area contributed by atoms with Gasteiger partial charge in [0.2, 0.25) is 0 Å². The molecule has 1 aliphatic carbocycles. The van der Waals surface area contributed by atoms with Crippen molar-refractivity contribution in [2.75, 3.05) is 27.2 Å². The number of hydrogen-bond acceptors (Lipinski definition) is 3. The summed E-state index contributed by atoms with van der Waals surface area (Å²) >= 11 is 0. The molecule has 1 atom stereocenters. The molecule has 1 aliphatic rings. The lowest BCUT2D eigenvalue weighted by Crippen LogP contribution is -2.40. The van der Waals surface area contributed by atoms with Gasteiger partial charge in [0, 0.05) is 52.6 Å². The lowest BCUT2D eigenvalue weighted by atomic mass is 9.98. The molecule has 0 amide bonds. The summed E-state index contributed by atoms with van der Waals surface area (Å²) in [7, 11) is 5.92. The van der Waals surface area contributed by atoms with E-state index in [9.17, 15) is 0 Å². The highest BCUT2D eigenvalue weighted by Crippen LogP contribution is 2.30. The third-order valence-electron chi connectivity index (χ3n) is 5.48. The van der Waals surface area contributed by atoms with Gasteiger partial charge in [-0.1, -0.05) is 26.7 Å². The van der Waals surface area contributed by atoms with E-state index in [1.165, 1.54) is 31.2 Å². The lowest BCUT2D eigenvalue weighted by Gasteiger charge is -2.26. The quantitative estimate of drug-likeness (QED) is 0.311. The molecule has 28 heavy (non-hydrogen) atoms. The number of aliphatic imine (C=N–C) groups is 1. The summed E-state index contributed by atoms with van der Waals surface area (Å²) in [6.45, 7) is 8.98. The van der Waals surface area contributed by atoms with Crippen LogP contribution in [0.4, 0.5) is 0 Å². The number of aromatic nitrogens is 2. The van der Waals surface area contributed by atoms with Gasteiger partial charge < -0.3 is 15.0 Å². The Morgan fingerprint density at radius 1 is 1.39 bits per heavy atom. The van der Waals surface area contributed by atoms with Crippen LogP contribution in [0.25, 0.3) is 0 Å². The van der Waals surface area contributed by atoms with Crippen molar-refractivity contribution in [2.45, 2.75) is 71.4 Å². The molecule has 162 valence electrons. The summed E-state index contributed by atoms with van der Waals surface area (Å²) in [6, 6.07) is 0. The van der Waals surface area contributed by atoms with Crippen LogP contribution in [0.2, 0.25) is 0 Å². The highest BCUT2D eigenvalue weighted by molar-refractivity contribution is 14.0. The number of hydrogen-bond donors (Lipinski definition) is 1. The van der Waals surface area contributed by atoms with Gasteiger partial charge in [0.1, 0.15) is 0 Å². The Balaban J connectivity index is 0.00000392. The first-order valence-electron chi connectivity index (χ1n) is 10.5. The topological polar surface area (TPSA) is 54.7 Å². The van der Waals surface area contributed by atoms with Crippen molar-refractivity contribution in [1.29, 1.82) is 0 Å². The highest BCUT2D eigenvalue weighted by atomic mass is 127. The highest BCUT2D eigenvalue weighted by Gasteiger charge is 2.25. The van der Waals surface area contributed by atoms with Crippen molar-refractivity contribution >= 4 is 29.9 Å². The first-order valence-corrected chi connectivity index (χ1v) is 10.5. The fourth-order valence-corrected chi connectivity index (χ4v) is 4.20. The number of halogens is 1. The maximum absolute atomic E-state index is 6.04. The van der Waals surface area contributed by atoms with Crippen molar-refractivity contribution in [3.63, 3.8) is 0 Å². The SMILES string of the molecule is CCOC(CCNC(=NC)N(C)Cc1cn(C)nc1C(C)C)C1CCCC1.I. The number of rotatable bonds is 9. The van der Waals surface area contributed by atoms with E-state index >= 15 is 0 Å². The van der Waals surface area contributed by atoms with E-state index in [1.807, 2.05) is 18.8 Å². The zero-order valence-corrected chi connectivity index (χ0v) is 20.9. The van der Waals surface area contributed by atoms with Crippen LogP contribution in [-0.2, 0) is 18.3 Å². The third kappa shape index (κ3) is 7.21. The largest absolute Gasteiger partial charge is 0.378 e. The summed E-state index contributed by atoms with van der Waals surface area (Å²) < 4.78 is 7.94. The Labute approximate surface area is 188 Å². The third-order valence-corrected chi connectivity index (χ3v) is 5.48. The first kappa shape index (κ1) is 25.2. The van der Waals surface area contributed by atoms with Gasteiger partial charge in [-0.3, -0.25) is 9.67 Å². The second-order valence-corrected chi connectivity index (χ2v) is 8.03. The fourth-order valence-electron chi connectivity index (χ4n) is 4.20. The molecule has 1 heterocycles. The van der Waals surface area contributed by atoms with Crippen LogP contribution in [0.15, 0.2) is 11.2 Å². The second-order valence-electron chi connectivity index (χ2n) is 8.03. The van der Waals surface area contributed by atoms with Crippen LogP contribution in [0.1, 0.15) is 70.1 Å². The van der Waals surface area contributed by atoms with E-state index in [2.05, 4.69) is 54.3 Å². The summed E-state index contributed by atoms with van der Waals surface area (Å²) in [5.74, 6) is 2.08. The monoisotopic (exact) mass is 505 g/mol. The van der Waals surface area contributed by atoms with Gasteiger partial charge in [0.15, 0.2) is 5.96 Å². The van der Waals surface area contributed by atoms with Gasteiger partial charge >= 0.3 is 0 Å². The standard InChI is InChI=1S/C21H39N5O.HI/c1-7-27-19(17-10-8-9-11-17)12-13-23-21(22-4)25(5)14-18-15-26(6)24-20(18)16(2)3;/h15-17,19H,7-14H2,1-6H3,(H,22,23);1H. The minimum absolute atomic E-state index is 0. The molecule has 1 fully saturated rings. The molecule has 1 saturated carbocycles. The number of ether oxygens (including phenoxy) is 1. The Hall–Kier alpha value is -0.830. The molecule has 1 aromatic rings. The Morgan fingerprint density at radius 3 is 2.64 bits per heavy atom. The van der Waals surface area contributed by atoms with E-state index in [4.69, 9.17) is 4.74 Å². The maximum atomic E-state index is 6.04. The van der Waals surface area contributed by atoms with Gasteiger partial charge in [-0.2, -0.15) is 5.10 Å². The summed E-state index contributed by atoms with van der Waals surface area (Å²) in [6.07, 6.45) is 8.88. The minimum atomic E-state index is 0. The predicted octanol–water partition coefficient (Wildman–Crippen LogP) is 4.15. The molecule has 7 heteroatoms. The Kier molecular flexibility index (Phi) is 11.4. The molecule has 2 rings (SSSR count). The summed E-state index contributed by atoms with van der Waals surface area (Å²) in [5.41, 5.74) is 2.42. The fraction of sp³-hybridized carbons (Fsp3) is 0.810. The van der Waals surface area contributed by atoms with E-state index in [1.54, 1.807) is 0 Å². The maximum Gasteiger partial charge on any atom is 0.193 e. The molecular formula is C21H40IN5O. The van der Waals surface area contributed by atoms with Crippen LogP contribution in [-0.4, -0.2) is 54.0 Å². The van der Waals surface area contributed by atoms with Gasteiger partial charge in [-0.25, -0.2) is 0 Å². The van der Waals surface area contributed by atoms with Crippen LogP contribution in [0.3, 0.4) is 0 Å². The van der Waals surface area contributed by atoms with Gasteiger partial charge in [-0.05, 0) is 38.0 Å². The average molecular weight is 505 g/mol. The van der Waals surface area contributed by atoms with E-state index in [0.717, 1.165) is 43.7 Å². The van der Waals surface area contributed by atoms with Crippen LogP contribution < -0.4 is 5.32 Å². The normalized spacial score (nSPS) is 16.3. The van der Waals surface area contributed by atoms with Crippen molar-refractivity contribution in [2.24, 2.45) is 18.0 Å². The molecule has 6 nitrogen and oxygen atoms in total. The van der Waals surface area contributed by atoms with E-state index in [0.29, 0.717) is 12.0 Å². The summed E-state index contributed by atoms with van der Waals surface area (Å²) in [5, 5.41) is 8.14. The lowest BCUT2D eigenvalue weighted by molar-refractivity contribution is 0.0169. The number of guanidine groups is 1. The van der Waals surface area contributed by atoms with Crippen molar-refractivity contribution in [1.82, 2.24) is 20.0 Å². The van der Waals surface area contributed by atoms with Gasteiger partial charge in [0.25, 0.3) is 0 Å². The molecule has 0 spiro atoms. The summed E-state index contributed by atoms with van der Waals surface area (Å²) in [4.78, 5) is 6.64. The van der Waals surface area contributed by atoms with Crippen molar-refractivity contribution < 1.29 is 4.74 Å². The van der Waals surface area contributed by atoms with Crippen LogP contribution in [0, 0.1) is 5.92 Å². The second kappa shape index (κ2) is 12.7. The van der Waals surface area contributed by atoms with Crippen LogP contribution >= 0.6 is 24.0 Å². The number of aryl methyl sites for hydroxylation is 1. The molecule has 0 aliphatic heterocycles. The smallest absolute Gasteiger partial charge is 0.193 e. The molecule has 0 aromatic carbocycles. The molecular weight excluding hydrogens is 465 g/mol. The average Bonchev–Trinajstić information content (AvgIpc) is 3.27. The minimum Gasteiger partial charge on any atom is -0.378 e. The predicted molar refractivity (Wildman–Crippen MR) is 128 cm³/mol. The Morgan fingerprint density at radius 2 is 2.07 bits per heavy atom. The molecule has 1 unspecified atom stereocenters. The van der Waals surface area contributed by atoms with Gasteiger partial charge in [0.05, 0.1) is 11.8 Å². The molecule has 0 bridgehead atoms. The zero-order chi connectivity index (χ0) is 19.8.